The lowest BCUT2D eigenvalue weighted by molar-refractivity contribution is 0.470. The molecule has 1 aromatic rings. The average Bonchev–Trinajstić information content (AvgIpc) is 2.66. The number of hydrogen-bond donors (Lipinski definition) is 2. The highest BCUT2D eigenvalue weighted by molar-refractivity contribution is 5.64. The van der Waals surface area contributed by atoms with Crippen LogP contribution in [0.25, 0.3) is 0 Å². The van der Waals surface area contributed by atoms with Gasteiger partial charge < -0.3 is 11.1 Å². The summed E-state index contributed by atoms with van der Waals surface area (Å²) in [5.41, 5.74) is 7.85. The summed E-state index contributed by atoms with van der Waals surface area (Å²) in [6.07, 6.45) is 6.16. The van der Waals surface area contributed by atoms with Gasteiger partial charge in [-0.15, -0.1) is 0 Å². The average molecular weight is 266 g/mol. The number of nitrogens with one attached hydrogen (secondary N) is 1. The van der Waals surface area contributed by atoms with Crippen molar-refractivity contribution in [3.8, 4) is 0 Å². The number of aryl methyl sites for hydroxylation is 2. The fourth-order valence-corrected chi connectivity index (χ4v) is 2.34. The summed E-state index contributed by atoms with van der Waals surface area (Å²) in [7, 11) is 0. The molecular weight excluding hydrogens is 236 g/mol. The minimum Gasteiger partial charge on any atom is -0.394 e. The predicted molar refractivity (Wildman–Crippen MR) is 83.5 cm³/mol. The maximum atomic E-state index is 6.12. The van der Waals surface area contributed by atoms with Gasteiger partial charge in [-0.05, 0) is 25.7 Å². The molecule has 0 aliphatic carbocycles. The molecule has 0 amide bonds. The lowest BCUT2D eigenvalue weighted by Gasteiger charge is -2.17. The third-order valence-corrected chi connectivity index (χ3v) is 3.71. The van der Waals surface area contributed by atoms with Crippen LogP contribution < -0.4 is 11.1 Å². The van der Waals surface area contributed by atoms with Crippen LogP contribution in [-0.4, -0.2) is 16.3 Å². The first kappa shape index (κ1) is 15.9. The van der Waals surface area contributed by atoms with E-state index in [2.05, 4.69) is 31.2 Å². The summed E-state index contributed by atoms with van der Waals surface area (Å²) in [5, 5.41) is 8.02. The lowest BCUT2D eigenvalue weighted by atomic mass is 9.99. The van der Waals surface area contributed by atoms with Crippen LogP contribution >= 0.6 is 0 Å². The number of nitrogen functional groups attached to an aromatic ring is 1. The molecule has 0 aliphatic heterocycles. The predicted octanol–water partition coefficient (Wildman–Crippen LogP) is 3.81. The molecule has 1 aromatic heterocycles. The summed E-state index contributed by atoms with van der Waals surface area (Å²) in [6.45, 7) is 10.6. The molecule has 1 unspecified atom stereocenters. The van der Waals surface area contributed by atoms with Crippen LogP contribution in [0.5, 0.6) is 0 Å². The van der Waals surface area contributed by atoms with Crippen LogP contribution in [0.3, 0.4) is 0 Å². The van der Waals surface area contributed by atoms with Crippen molar-refractivity contribution in [2.24, 2.45) is 5.92 Å². The maximum Gasteiger partial charge on any atom is 0.148 e. The van der Waals surface area contributed by atoms with Gasteiger partial charge >= 0.3 is 0 Å². The summed E-state index contributed by atoms with van der Waals surface area (Å²) in [6, 6.07) is 0. The second kappa shape index (κ2) is 8.08. The van der Waals surface area contributed by atoms with Gasteiger partial charge in [0.25, 0.3) is 0 Å². The van der Waals surface area contributed by atoms with Gasteiger partial charge in [-0.3, -0.25) is 0 Å². The van der Waals surface area contributed by atoms with Crippen molar-refractivity contribution in [1.82, 2.24) is 9.78 Å². The van der Waals surface area contributed by atoms with E-state index in [0.717, 1.165) is 42.6 Å². The van der Waals surface area contributed by atoms with Crippen LogP contribution in [0.2, 0.25) is 0 Å². The standard InChI is InChI=1S/C15H30N4/c1-5-8-9-13(7-3)11-17-15-14(16)12(4)18-19(15)10-6-2/h13,17H,5-11,16H2,1-4H3. The zero-order valence-electron chi connectivity index (χ0n) is 13.0. The van der Waals surface area contributed by atoms with Crippen LogP contribution in [-0.2, 0) is 6.54 Å². The quantitative estimate of drug-likeness (QED) is 0.714. The number of rotatable bonds is 9. The van der Waals surface area contributed by atoms with Gasteiger partial charge in [0.05, 0.1) is 11.4 Å². The van der Waals surface area contributed by atoms with Crippen molar-refractivity contribution >= 4 is 11.5 Å². The highest BCUT2D eigenvalue weighted by Gasteiger charge is 2.13. The third-order valence-electron chi connectivity index (χ3n) is 3.71. The first-order chi connectivity index (χ1) is 9.13. The molecular formula is C15H30N4. The minimum atomic E-state index is 0.727. The molecule has 1 atom stereocenters. The molecule has 110 valence electrons. The van der Waals surface area contributed by atoms with E-state index in [0.29, 0.717) is 0 Å². The molecule has 0 saturated carbocycles. The highest BCUT2D eigenvalue weighted by atomic mass is 15.3. The molecule has 4 heteroatoms. The van der Waals surface area contributed by atoms with E-state index in [1.54, 1.807) is 0 Å². The normalized spacial score (nSPS) is 12.6. The zero-order valence-corrected chi connectivity index (χ0v) is 13.0. The van der Waals surface area contributed by atoms with Crippen LogP contribution in [0.15, 0.2) is 0 Å². The van der Waals surface area contributed by atoms with Gasteiger partial charge in [-0.2, -0.15) is 5.10 Å². The Kier molecular flexibility index (Phi) is 6.74. The summed E-state index contributed by atoms with van der Waals surface area (Å²) < 4.78 is 2.01. The number of unbranched alkanes of at least 4 members (excludes halogenated alkanes) is 1. The molecule has 0 aliphatic rings. The number of nitrogens with two attached hydrogens (primary N) is 1. The molecule has 0 spiro atoms. The summed E-state index contributed by atoms with van der Waals surface area (Å²) in [4.78, 5) is 0. The number of anilines is 2. The van der Waals surface area contributed by atoms with Gasteiger partial charge in [-0.25, -0.2) is 4.68 Å². The van der Waals surface area contributed by atoms with Gasteiger partial charge in [0.2, 0.25) is 0 Å². The Bertz CT molecular complexity index is 370. The van der Waals surface area contributed by atoms with Crippen LogP contribution in [0.1, 0.15) is 58.6 Å². The van der Waals surface area contributed by atoms with Crippen molar-refractivity contribution in [1.29, 1.82) is 0 Å². The first-order valence-electron chi connectivity index (χ1n) is 7.70. The van der Waals surface area contributed by atoms with Gasteiger partial charge in [0.15, 0.2) is 0 Å². The van der Waals surface area contributed by atoms with Crippen molar-refractivity contribution < 1.29 is 0 Å². The molecule has 4 nitrogen and oxygen atoms in total. The van der Waals surface area contributed by atoms with Crippen molar-refractivity contribution in [3.05, 3.63) is 5.69 Å². The molecule has 0 saturated heterocycles. The molecule has 0 bridgehead atoms. The van der Waals surface area contributed by atoms with Crippen molar-refractivity contribution in [2.75, 3.05) is 17.6 Å². The number of hydrogen-bond acceptors (Lipinski definition) is 3. The molecule has 0 fully saturated rings. The molecule has 1 heterocycles. The monoisotopic (exact) mass is 266 g/mol. The van der Waals surface area contributed by atoms with Gasteiger partial charge in [0.1, 0.15) is 5.82 Å². The van der Waals surface area contributed by atoms with E-state index in [1.807, 2.05) is 11.6 Å². The Balaban J connectivity index is 2.64. The molecule has 0 radical (unpaired) electrons. The second-order valence-electron chi connectivity index (χ2n) is 5.37. The molecule has 0 aromatic carbocycles. The first-order valence-corrected chi connectivity index (χ1v) is 7.70. The summed E-state index contributed by atoms with van der Waals surface area (Å²) in [5.74, 6) is 1.74. The van der Waals surface area contributed by atoms with E-state index >= 15 is 0 Å². The topological polar surface area (TPSA) is 55.9 Å². The van der Waals surface area contributed by atoms with Crippen molar-refractivity contribution in [3.63, 3.8) is 0 Å². The highest BCUT2D eigenvalue weighted by Crippen LogP contribution is 2.23. The Morgan fingerprint density at radius 1 is 1.26 bits per heavy atom. The smallest absolute Gasteiger partial charge is 0.148 e. The fourth-order valence-electron chi connectivity index (χ4n) is 2.34. The molecule has 3 N–H and O–H groups in total. The van der Waals surface area contributed by atoms with Crippen LogP contribution in [0, 0.1) is 12.8 Å². The third kappa shape index (κ3) is 4.44. The van der Waals surface area contributed by atoms with E-state index in [9.17, 15) is 0 Å². The SMILES string of the molecule is CCCCC(CC)CNc1c(N)c(C)nn1CCC. The zero-order chi connectivity index (χ0) is 14.3. The van der Waals surface area contributed by atoms with E-state index in [1.165, 1.54) is 25.7 Å². The fraction of sp³-hybridized carbons (Fsp3) is 0.800. The Hall–Kier alpha value is -1.19. The second-order valence-corrected chi connectivity index (χ2v) is 5.37. The molecule has 19 heavy (non-hydrogen) atoms. The number of nitrogens with zero attached hydrogens (tertiary/aromatic N) is 2. The van der Waals surface area contributed by atoms with Gasteiger partial charge in [0, 0.05) is 13.1 Å². The maximum absolute atomic E-state index is 6.12. The largest absolute Gasteiger partial charge is 0.394 e. The van der Waals surface area contributed by atoms with E-state index in [-0.39, 0.29) is 0 Å². The molecule has 1 rings (SSSR count). The lowest BCUT2D eigenvalue weighted by Crippen LogP contribution is -2.17. The van der Waals surface area contributed by atoms with E-state index < -0.39 is 0 Å². The van der Waals surface area contributed by atoms with Gasteiger partial charge in [-0.1, -0.05) is 40.0 Å². The Morgan fingerprint density at radius 2 is 2.00 bits per heavy atom. The number of aromatic nitrogens is 2. The van der Waals surface area contributed by atoms with E-state index in [4.69, 9.17) is 5.73 Å². The van der Waals surface area contributed by atoms with Crippen molar-refractivity contribution in [2.45, 2.75) is 66.3 Å². The minimum absolute atomic E-state index is 0.727. The van der Waals surface area contributed by atoms with Crippen LogP contribution in [0.4, 0.5) is 11.5 Å². The summed E-state index contributed by atoms with van der Waals surface area (Å²) >= 11 is 0. The Labute approximate surface area is 117 Å². The Morgan fingerprint density at radius 3 is 2.58 bits per heavy atom.